The van der Waals surface area contributed by atoms with Crippen LogP contribution in [0.3, 0.4) is 0 Å². The number of pyridine rings is 1. The molecule has 0 aliphatic rings. The van der Waals surface area contributed by atoms with Gasteiger partial charge in [-0.3, -0.25) is 4.98 Å². The van der Waals surface area contributed by atoms with Crippen molar-refractivity contribution < 1.29 is 14.6 Å². The Morgan fingerprint density at radius 1 is 1.25 bits per heavy atom. The van der Waals surface area contributed by atoms with Crippen molar-refractivity contribution in [2.75, 3.05) is 0 Å². The van der Waals surface area contributed by atoms with Crippen LogP contribution in [0.4, 0.5) is 0 Å². The van der Waals surface area contributed by atoms with Crippen LogP contribution in [0.1, 0.15) is 35.4 Å². The summed E-state index contributed by atoms with van der Waals surface area (Å²) < 4.78 is 5.48. The molecule has 6 heteroatoms. The molecule has 0 atom stereocenters. The number of aliphatic hydroxyl groups excluding tert-OH is 1. The Morgan fingerprint density at radius 3 is 2.70 bits per heavy atom. The van der Waals surface area contributed by atoms with Crippen molar-refractivity contribution in [1.82, 2.24) is 15.3 Å². The molecule has 0 bridgehead atoms. The van der Waals surface area contributed by atoms with Crippen LogP contribution < -0.4 is 5.32 Å². The van der Waals surface area contributed by atoms with Gasteiger partial charge in [-0.1, -0.05) is 6.92 Å². The van der Waals surface area contributed by atoms with E-state index in [1.165, 1.54) is 0 Å². The zero-order valence-electron chi connectivity index (χ0n) is 11.7. The Kier molecular flexibility index (Phi) is 4.70. The number of aliphatic hydroxyl groups is 1. The molecule has 0 unspecified atom stereocenters. The first kappa shape index (κ1) is 14.5. The van der Waals surface area contributed by atoms with Crippen LogP contribution in [0, 0.1) is 6.92 Å². The Balaban J connectivity index is 2.01. The lowest BCUT2D eigenvalue weighted by atomic mass is 10.1. The Bertz CT molecular complexity index is 581. The average Bonchev–Trinajstić information content (AvgIpc) is 2.91. The summed E-state index contributed by atoms with van der Waals surface area (Å²) in [7, 11) is 0. The van der Waals surface area contributed by atoms with E-state index in [2.05, 4.69) is 15.3 Å². The summed E-state index contributed by atoms with van der Waals surface area (Å²) in [5.74, 6) is 1.57. The maximum Gasteiger partial charge on any atom is 0.208 e. The second-order valence-corrected chi connectivity index (χ2v) is 4.53. The van der Waals surface area contributed by atoms with Gasteiger partial charge in [0.1, 0.15) is 11.5 Å². The summed E-state index contributed by atoms with van der Waals surface area (Å²) in [6.45, 7) is 4.45. The second-order valence-electron chi connectivity index (χ2n) is 4.53. The maximum absolute atomic E-state index is 10.00. The van der Waals surface area contributed by atoms with E-state index in [4.69, 9.17) is 4.42 Å². The summed E-state index contributed by atoms with van der Waals surface area (Å²) in [5.41, 5.74) is 1.81. The summed E-state index contributed by atoms with van der Waals surface area (Å²) in [6, 6.07) is 0. The third-order valence-corrected chi connectivity index (χ3v) is 3.13. The highest BCUT2D eigenvalue weighted by Gasteiger charge is 2.11. The quantitative estimate of drug-likeness (QED) is 0.740. The van der Waals surface area contributed by atoms with Gasteiger partial charge in [-0.2, -0.15) is 0 Å². The first-order valence-corrected chi connectivity index (χ1v) is 6.57. The largest absolute Gasteiger partial charge is 0.506 e. The molecule has 0 saturated heterocycles. The van der Waals surface area contributed by atoms with Crippen LogP contribution in [0.15, 0.2) is 16.8 Å². The fourth-order valence-corrected chi connectivity index (χ4v) is 1.91. The molecule has 2 aromatic rings. The SMILES string of the molecule is CCc1cnc(CNCc2c(CO)cnc(C)c2O)o1. The van der Waals surface area contributed by atoms with Crippen LogP contribution in [0.5, 0.6) is 5.75 Å². The number of hydrogen-bond acceptors (Lipinski definition) is 6. The topological polar surface area (TPSA) is 91.4 Å². The standard InChI is InChI=1S/C14H19N3O3/c1-3-11-5-17-13(20-11)7-15-6-12-10(8-18)4-16-9(2)14(12)19/h4-5,15,18-19H,3,6-8H2,1-2H3. The van der Waals surface area contributed by atoms with Gasteiger partial charge in [0.25, 0.3) is 0 Å². The van der Waals surface area contributed by atoms with E-state index in [0.717, 1.165) is 12.2 Å². The van der Waals surface area contributed by atoms with Crippen molar-refractivity contribution in [2.45, 2.75) is 40.0 Å². The number of nitrogens with zero attached hydrogens (tertiary/aromatic N) is 2. The minimum Gasteiger partial charge on any atom is -0.506 e. The van der Waals surface area contributed by atoms with E-state index in [-0.39, 0.29) is 12.4 Å². The molecule has 0 fully saturated rings. The lowest BCUT2D eigenvalue weighted by molar-refractivity contribution is 0.278. The number of nitrogens with one attached hydrogen (secondary N) is 1. The van der Waals surface area contributed by atoms with Crippen molar-refractivity contribution in [1.29, 1.82) is 0 Å². The number of hydrogen-bond donors (Lipinski definition) is 3. The summed E-state index contributed by atoms with van der Waals surface area (Å²) in [4.78, 5) is 8.17. The van der Waals surface area contributed by atoms with Gasteiger partial charge < -0.3 is 19.9 Å². The average molecular weight is 277 g/mol. The number of oxazole rings is 1. The molecule has 20 heavy (non-hydrogen) atoms. The molecule has 0 aliphatic carbocycles. The number of aryl methyl sites for hydroxylation is 2. The molecule has 2 heterocycles. The van der Waals surface area contributed by atoms with E-state index >= 15 is 0 Å². The van der Waals surface area contributed by atoms with Crippen LogP contribution in [0.25, 0.3) is 0 Å². The first-order valence-electron chi connectivity index (χ1n) is 6.57. The molecule has 2 rings (SSSR count). The maximum atomic E-state index is 10.00. The third-order valence-electron chi connectivity index (χ3n) is 3.13. The molecule has 2 aromatic heterocycles. The van der Waals surface area contributed by atoms with Crippen LogP contribution in [-0.4, -0.2) is 20.2 Å². The normalized spacial score (nSPS) is 10.9. The highest BCUT2D eigenvalue weighted by Crippen LogP contribution is 2.23. The molecule has 0 aliphatic heterocycles. The Morgan fingerprint density at radius 2 is 2.05 bits per heavy atom. The minimum absolute atomic E-state index is 0.116. The van der Waals surface area contributed by atoms with Gasteiger partial charge in [0.15, 0.2) is 0 Å². The van der Waals surface area contributed by atoms with E-state index < -0.39 is 0 Å². The number of aromatic hydroxyl groups is 1. The molecule has 0 radical (unpaired) electrons. The summed E-state index contributed by atoms with van der Waals surface area (Å²) in [6.07, 6.45) is 4.10. The van der Waals surface area contributed by atoms with Crippen molar-refractivity contribution >= 4 is 0 Å². The number of aromatic nitrogens is 2. The molecule has 0 saturated carbocycles. The van der Waals surface area contributed by atoms with Crippen molar-refractivity contribution in [3.63, 3.8) is 0 Å². The van der Waals surface area contributed by atoms with Gasteiger partial charge >= 0.3 is 0 Å². The van der Waals surface area contributed by atoms with Crippen LogP contribution in [-0.2, 0) is 26.1 Å². The lowest BCUT2D eigenvalue weighted by Gasteiger charge is -2.11. The summed E-state index contributed by atoms with van der Waals surface area (Å²) in [5, 5.41) is 22.4. The molecular weight excluding hydrogens is 258 g/mol. The molecule has 6 nitrogen and oxygen atoms in total. The lowest BCUT2D eigenvalue weighted by Crippen LogP contribution is -2.15. The number of rotatable bonds is 6. The Labute approximate surface area is 117 Å². The van der Waals surface area contributed by atoms with Crippen molar-refractivity contribution in [2.24, 2.45) is 0 Å². The third kappa shape index (κ3) is 3.15. The highest BCUT2D eigenvalue weighted by atomic mass is 16.4. The van der Waals surface area contributed by atoms with E-state index in [1.54, 1.807) is 19.3 Å². The summed E-state index contributed by atoms with van der Waals surface area (Å²) >= 11 is 0. The Hall–Kier alpha value is -1.92. The second kappa shape index (κ2) is 6.49. The first-order chi connectivity index (χ1) is 9.65. The zero-order chi connectivity index (χ0) is 14.5. The van der Waals surface area contributed by atoms with Gasteiger partial charge in [0, 0.05) is 30.3 Å². The van der Waals surface area contributed by atoms with Gasteiger partial charge in [0.2, 0.25) is 5.89 Å². The zero-order valence-corrected chi connectivity index (χ0v) is 11.7. The molecular formula is C14H19N3O3. The van der Waals surface area contributed by atoms with E-state index in [1.807, 2.05) is 6.92 Å². The predicted molar refractivity (Wildman–Crippen MR) is 73.0 cm³/mol. The van der Waals surface area contributed by atoms with Gasteiger partial charge in [-0.25, -0.2) is 4.98 Å². The highest BCUT2D eigenvalue weighted by molar-refractivity contribution is 5.40. The van der Waals surface area contributed by atoms with Crippen molar-refractivity contribution in [3.8, 4) is 5.75 Å². The molecule has 0 spiro atoms. The van der Waals surface area contributed by atoms with Crippen molar-refractivity contribution in [3.05, 3.63) is 40.9 Å². The minimum atomic E-state index is -0.156. The van der Waals surface area contributed by atoms with Gasteiger partial charge in [0.05, 0.1) is 25.0 Å². The smallest absolute Gasteiger partial charge is 0.208 e. The molecule has 0 aromatic carbocycles. The van der Waals surface area contributed by atoms with Crippen LogP contribution in [0.2, 0.25) is 0 Å². The predicted octanol–water partition coefficient (Wildman–Crippen LogP) is 1.43. The van der Waals surface area contributed by atoms with E-state index in [9.17, 15) is 10.2 Å². The fraction of sp³-hybridized carbons (Fsp3) is 0.429. The van der Waals surface area contributed by atoms with E-state index in [0.29, 0.717) is 35.8 Å². The monoisotopic (exact) mass is 277 g/mol. The molecule has 108 valence electrons. The van der Waals surface area contributed by atoms with Crippen LogP contribution >= 0.6 is 0 Å². The van der Waals surface area contributed by atoms with Gasteiger partial charge in [-0.05, 0) is 6.92 Å². The van der Waals surface area contributed by atoms with Gasteiger partial charge in [-0.15, -0.1) is 0 Å². The molecule has 3 N–H and O–H groups in total. The fourth-order valence-electron chi connectivity index (χ4n) is 1.91. The molecule has 0 amide bonds.